The Morgan fingerprint density at radius 1 is 1.18 bits per heavy atom. The van der Waals surface area contributed by atoms with E-state index in [1.807, 2.05) is 0 Å². The molecule has 4 heteroatoms. The smallest absolute Gasteiger partial charge is 0.104 e. The van der Waals surface area contributed by atoms with E-state index in [0.717, 1.165) is 22.8 Å². The van der Waals surface area contributed by atoms with Crippen LogP contribution in [0.15, 0.2) is 40.0 Å². The van der Waals surface area contributed by atoms with E-state index in [-0.39, 0.29) is 0 Å². The van der Waals surface area contributed by atoms with E-state index in [2.05, 4.69) is 56.1 Å². The van der Waals surface area contributed by atoms with E-state index >= 15 is 0 Å². The van der Waals surface area contributed by atoms with Crippen molar-refractivity contribution in [3.05, 3.63) is 40.0 Å². The van der Waals surface area contributed by atoms with Gasteiger partial charge in [0.1, 0.15) is 5.16 Å². The van der Waals surface area contributed by atoms with Gasteiger partial charge in [-0.05, 0) is 43.2 Å². The van der Waals surface area contributed by atoms with Crippen LogP contribution in [-0.2, 0) is 0 Å². The second-order valence-electron chi connectivity index (χ2n) is 4.57. The maximum Gasteiger partial charge on any atom is 0.104 e. The van der Waals surface area contributed by atoms with Crippen molar-refractivity contribution in [3.8, 4) is 0 Å². The monoisotopic (exact) mass is 312 g/mol. The molecule has 1 aliphatic heterocycles. The number of hydrogen-bond donors (Lipinski definition) is 0. The molecule has 0 aromatic heterocycles. The number of benzene rings is 1. The van der Waals surface area contributed by atoms with Gasteiger partial charge in [0.2, 0.25) is 0 Å². The van der Waals surface area contributed by atoms with Crippen molar-refractivity contribution in [1.82, 2.24) is 4.90 Å². The molecule has 1 heterocycles. The number of rotatable bonds is 2. The molecule has 1 aromatic rings. The summed E-state index contributed by atoms with van der Waals surface area (Å²) < 4.78 is 1.12. The molecule has 1 aliphatic carbocycles. The normalized spacial score (nSPS) is 20.5. The van der Waals surface area contributed by atoms with Gasteiger partial charge < -0.3 is 9.80 Å². The Bertz CT molecular complexity index is 439. The predicted octanol–water partition coefficient (Wildman–Crippen LogP) is 3.77. The zero-order valence-corrected chi connectivity index (χ0v) is 11.8. The summed E-state index contributed by atoms with van der Waals surface area (Å²) in [6, 6.07) is 9.11. The van der Waals surface area contributed by atoms with Gasteiger partial charge in [0.15, 0.2) is 0 Å². The predicted molar refractivity (Wildman–Crippen MR) is 75.2 cm³/mol. The van der Waals surface area contributed by atoms with Gasteiger partial charge in [0.05, 0.1) is 6.67 Å². The van der Waals surface area contributed by atoms with Crippen LogP contribution in [0.3, 0.4) is 0 Å². The van der Waals surface area contributed by atoms with Crippen LogP contribution in [0.5, 0.6) is 0 Å². The molecular weight excluding hydrogens is 300 g/mol. The van der Waals surface area contributed by atoms with Gasteiger partial charge in [0.25, 0.3) is 0 Å². The standard InChI is InChI=1S/C13H14BrClN2/c14-10-1-3-11(4-2-10)16-8-7-13(15)17(9-16)12-5-6-12/h1-4,7,12H,5-6,8-9H2. The van der Waals surface area contributed by atoms with Gasteiger partial charge >= 0.3 is 0 Å². The van der Waals surface area contributed by atoms with Gasteiger partial charge in [-0.1, -0.05) is 27.5 Å². The second kappa shape index (κ2) is 4.54. The fourth-order valence-electron chi connectivity index (χ4n) is 2.13. The van der Waals surface area contributed by atoms with Gasteiger partial charge in [-0.2, -0.15) is 0 Å². The summed E-state index contributed by atoms with van der Waals surface area (Å²) in [6.45, 7) is 1.80. The quantitative estimate of drug-likeness (QED) is 0.767. The van der Waals surface area contributed by atoms with Crippen LogP contribution in [0, 0.1) is 0 Å². The number of anilines is 1. The van der Waals surface area contributed by atoms with Crippen molar-refractivity contribution in [2.75, 3.05) is 18.1 Å². The zero-order valence-electron chi connectivity index (χ0n) is 9.44. The summed E-state index contributed by atoms with van der Waals surface area (Å²) in [5.74, 6) is 0. The summed E-state index contributed by atoms with van der Waals surface area (Å²) in [6.07, 6.45) is 4.65. The molecule has 0 N–H and O–H groups in total. The molecule has 90 valence electrons. The van der Waals surface area contributed by atoms with E-state index in [4.69, 9.17) is 11.6 Å². The van der Waals surface area contributed by atoms with Gasteiger partial charge in [-0.3, -0.25) is 0 Å². The molecule has 0 radical (unpaired) electrons. The molecule has 0 spiro atoms. The highest BCUT2D eigenvalue weighted by atomic mass is 79.9. The number of hydrogen-bond acceptors (Lipinski definition) is 2. The molecule has 2 aliphatic rings. The fraction of sp³-hybridized carbons (Fsp3) is 0.385. The molecule has 1 aromatic carbocycles. The number of halogens is 2. The lowest BCUT2D eigenvalue weighted by Crippen LogP contribution is -2.41. The first-order chi connectivity index (χ1) is 8.24. The van der Waals surface area contributed by atoms with Crippen LogP contribution in [0.1, 0.15) is 12.8 Å². The Morgan fingerprint density at radius 2 is 1.88 bits per heavy atom. The fourth-order valence-corrected chi connectivity index (χ4v) is 2.65. The van der Waals surface area contributed by atoms with E-state index in [9.17, 15) is 0 Å². The van der Waals surface area contributed by atoms with Gasteiger partial charge in [0, 0.05) is 22.7 Å². The molecular formula is C13H14BrClN2. The average molecular weight is 314 g/mol. The summed E-state index contributed by atoms with van der Waals surface area (Å²) >= 11 is 9.71. The van der Waals surface area contributed by atoms with Crippen LogP contribution in [0.2, 0.25) is 0 Å². The van der Waals surface area contributed by atoms with E-state index in [0.29, 0.717) is 6.04 Å². The Morgan fingerprint density at radius 3 is 2.53 bits per heavy atom. The Kier molecular flexibility index (Phi) is 3.05. The van der Waals surface area contributed by atoms with Gasteiger partial charge in [-0.15, -0.1) is 0 Å². The lowest BCUT2D eigenvalue weighted by atomic mass is 10.2. The molecule has 0 atom stereocenters. The Labute approximate surface area is 115 Å². The molecule has 1 saturated carbocycles. The van der Waals surface area contributed by atoms with Crippen molar-refractivity contribution in [3.63, 3.8) is 0 Å². The van der Waals surface area contributed by atoms with Crippen molar-refractivity contribution in [2.45, 2.75) is 18.9 Å². The molecule has 0 unspecified atom stereocenters. The van der Waals surface area contributed by atoms with Crippen molar-refractivity contribution < 1.29 is 0 Å². The topological polar surface area (TPSA) is 6.48 Å². The molecule has 0 amide bonds. The van der Waals surface area contributed by atoms with Crippen LogP contribution in [0.25, 0.3) is 0 Å². The summed E-state index contributed by atoms with van der Waals surface area (Å²) in [5, 5.41) is 0.917. The van der Waals surface area contributed by atoms with Crippen LogP contribution < -0.4 is 4.90 Å². The maximum atomic E-state index is 6.25. The molecule has 0 bridgehead atoms. The van der Waals surface area contributed by atoms with E-state index in [1.54, 1.807) is 0 Å². The first kappa shape index (κ1) is 11.4. The van der Waals surface area contributed by atoms with Crippen LogP contribution in [-0.4, -0.2) is 24.2 Å². The highest BCUT2D eigenvalue weighted by Gasteiger charge is 2.32. The first-order valence-corrected chi connectivity index (χ1v) is 7.04. The van der Waals surface area contributed by atoms with Crippen LogP contribution >= 0.6 is 27.5 Å². The maximum absolute atomic E-state index is 6.25. The zero-order chi connectivity index (χ0) is 11.8. The van der Waals surface area contributed by atoms with E-state index < -0.39 is 0 Å². The molecule has 1 fully saturated rings. The Hall–Kier alpha value is -0.670. The lowest BCUT2D eigenvalue weighted by Gasteiger charge is -2.36. The minimum atomic E-state index is 0.664. The largest absolute Gasteiger partial charge is 0.350 e. The number of nitrogens with zero attached hydrogens (tertiary/aromatic N) is 2. The third kappa shape index (κ3) is 2.45. The molecule has 0 saturated heterocycles. The second-order valence-corrected chi connectivity index (χ2v) is 5.87. The average Bonchev–Trinajstić information content (AvgIpc) is 3.15. The summed E-state index contributed by atoms with van der Waals surface area (Å²) in [4.78, 5) is 4.64. The van der Waals surface area contributed by atoms with Crippen LogP contribution in [0.4, 0.5) is 5.69 Å². The third-order valence-electron chi connectivity index (χ3n) is 3.26. The third-order valence-corrected chi connectivity index (χ3v) is 4.16. The molecule has 17 heavy (non-hydrogen) atoms. The Balaban J connectivity index is 1.79. The summed E-state index contributed by atoms with van der Waals surface area (Å²) in [5.41, 5.74) is 1.25. The summed E-state index contributed by atoms with van der Waals surface area (Å²) in [7, 11) is 0. The minimum Gasteiger partial charge on any atom is -0.350 e. The highest BCUT2D eigenvalue weighted by molar-refractivity contribution is 9.10. The molecule has 3 rings (SSSR count). The highest BCUT2D eigenvalue weighted by Crippen LogP contribution is 2.34. The minimum absolute atomic E-state index is 0.664. The lowest BCUT2D eigenvalue weighted by molar-refractivity contribution is 0.341. The van der Waals surface area contributed by atoms with Crippen molar-refractivity contribution >= 4 is 33.2 Å². The first-order valence-electron chi connectivity index (χ1n) is 5.87. The molecule has 2 nitrogen and oxygen atoms in total. The van der Waals surface area contributed by atoms with Crippen molar-refractivity contribution in [1.29, 1.82) is 0 Å². The SMILES string of the molecule is ClC1=CCN(c2ccc(Br)cc2)CN1C1CC1. The van der Waals surface area contributed by atoms with E-state index in [1.165, 1.54) is 18.5 Å². The van der Waals surface area contributed by atoms with Gasteiger partial charge in [-0.25, -0.2) is 0 Å². The van der Waals surface area contributed by atoms with Crippen molar-refractivity contribution in [2.24, 2.45) is 0 Å².